The van der Waals surface area contributed by atoms with Crippen LogP contribution in [0.25, 0.3) is 0 Å². The van der Waals surface area contributed by atoms with E-state index in [1.165, 1.54) is 0 Å². The van der Waals surface area contributed by atoms with Crippen molar-refractivity contribution in [2.24, 2.45) is 5.92 Å². The van der Waals surface area contributed by atoms with Crippen molar-refractivity contribution in [2.75, 3.05) is 13.6 Å². The van der Waals surface area contributed by atoms with Crippen molar-refractivity contribution < 1.29 is 4.74 Å². The van der Waals surface area contributed by atoms with Crippen molar-refractivity contribution in [3.63, 3.8) is 0 Å². The minimum atomic E-state index is 0.181. The van der Waals surface area contributed by atoms with Gasteiger partial charge in [-0.1, -0.05) is 25.4 Å². The predicted octanol–water partition coefficient (Wildman–Crippen LogP) is 3.58. The van der Waals surface area contributed by atoms with E-state index in [9.17, 15) is 0 Å². The van der Waals surface area contributed by atoms with Crippen LogP contribution in [0.4, 0.5) is 0 Å². The highest BCUT2D eigenvalue weighted by Gasteiger charge is 2.15. The molecule has 0 heterocycles. The number of ether oxygens (including phenoxy) is 1. The first-order chi connectivity index (χ1) is 7.95. The van der Waals surface area contributed by atoms with Crippen LogP contribution in [0.1, 0.15) is 25.0 Å². The number of halogens is 1. The standard InChI is InChI=1S/C14H22ClNO/c1-9(2)13(8-16-5)17-12-6-10(3)14(15)11(4)7-12/h6-7,9,13,16H,8H2,1-5H3. The van der Waals surface area contributed by atoms with Crippen LogP contribution in [-0.4, -0.2) is 19.7 Å². The number of aryl methyl sites for hydroxylation is 2. The molecule has 0 amide bonds. The number of rotatable bonds is 5. The molecule has 0 fully saturated rings. The van der Waals surface area contributed by atoms with Gasteiger partial charge in [0.25, 0.3) is 0 Å². The molecule has 0 aliphatic rings. The second kappa shape index (κ2) is 6.27. The van der Waals surface area contributed by atoms with E-state index in [1.807, 2.05) is 33.0 Å². The quantitative estimate of drug-likeness (QED) is 0.868. The largest absolute Gasteiger partial charge is 0.489 e. The Hall–Kier alpha value is -0.730. The molecule has 0 spiro atoms. The van der Waals surface area contributed by atoms with E-state index >= 15 is 0 Å². The monoisotopic (exact) mass is 255 g/mol. The van der Waals surface area contributed by atoms with Crippen LogP contribution >= 0.6 is 11.6 Å². The molecule has 3 heteroatoms. The summed E-state index contributed by atoms with van der Waals surface area (Å²) in [6.45, 7) is 9.18. The fourth-order valence-electron chi connectivity index (χ4n) is 1.76. The summed E-state index contributed by atoms with van der Waals surface area (Å²) in [6.07, 6.45) is 0.181. The number of hydrogen-bond acceptors (Lipinski definition) is 2. The van der Waals surface area contributed by atoms with Crippen molar-refractivity contribution in [3.05, 3.63) is 28.3 Å². The van der Waals surface area contributed by atoms with E-state index in [2.05, 4.69) is 19.2 Å². The van der Waals surface area contributed by atoms with Crippen LogP contribution in [-0.2, 0) is 0 Å². The van der Waals surface area contributed by atoms with Gasteiger partial charge in [-0.15, -0.1) is 0 Å². The normalized spacial score (nSPS) is 12.9. The number of likely N-dealkylation sites (N-methyl/N-ethyl adjacent to an activating group) is 1. The average molecular weight is 256 g/mol. The molecule has 1 rings (SSSR count). The smallest absolute Gasteiger partial charge is 0.120 e. The first kappa shape index (κ1) is 14.3. The molecule has 2 nitrogen and oxygen atoms in total. The molecule has 0 aliphatic carbocycles. The van der Waals surface area contributed by atoms with Gasteiger partial charge in [0, 0.05) is 11.6 Å². The van der Waals surface area contributed by atoms with Crippen LogP contribution in [0, 0.1) is 19.8 Å². The summed E-state index contributed by atoms with van der Waals surface area (Å²) in [5, 5.41) is 3.98. The molecule has 1 aromatic rings. The minimum absolute atomic E-state index is 0.181. The Morgan fingerprint density at radius 3 is 2.18 bits per heavy atom. The van der Waals surface area contributed by atoms with Crippen molar-refractivity contribution in [1.82, 2.24) is 5.32 Å². The molecule has 0 saturated heterocycles. The van der Waals surface area contributed by atoms with Crippen molar-refractivity contribution >= 4 is 11.6 Å². The fourth-order valence-corrected chi connectivity index (χ4v) is 1.87. The lowest BCUT2D eigenvalue weighted by molar-refractivity contribution is 0.151. The zero-order valence-corrected chi connectivity index (χ0v) is 12.1. The van der Waals surface area contributed by atoms with Crippen LogP contribution in [0.2, 0.25) is 5.02 Å². The van der Waals surface area contributed by atoms with E-state index in [-0.39, 0.29) is 6.10 Å². The summed E-state index contributed by atoms with van der Waals surface area (Å²) in [5.74, 6) is 1.37. The van der Waals surface area contributed by atoms with Crippen LogP contribution in [0.15, 0.2) is 12.1 Å². The maximum Gasteiger partial charge on any atom is 0.120 e. The van der Waals surface area contributed by atoms with Gasteiger partial charge in [-0.05, 0) is 50.1 Å². The molecule has 1 atom stereocenters. The van der Waals surface area contributed by atoms with Gasteiger partial charge in [0.05, 0.1) is 0 Å². The molecule has 1 aromatic carbocycles. The zero-order chi connectivity index (χ0) is 13.0. The van der Waals surface area contributed by atoms with E-state index in [4.69, 9.17) is 16.3 Å². The third-order valence-electron chi connectivity index (χ3n) is 2.85. The molecule has 96 valence electrons. The van der Waals surface area contributed by atoms with Crippen molar-refractivity contribution in [3.8, 4) is 5.75 Å². The van der Waals surface area contributed by atoms with Gasteiger partial charge in [-0.3, -0.25) is 0 Å². The topological polar surface area (TPSA) is 21.3 Å². The number of benzene rings is 1. The first-order valence-electron chi connectivity index (χ1n) is 6.03. The average Bonchev–Trinajstić information content (AvgIpc) is 2.25. The highest BCUT2D eigenvalue weighted by molar-refractivity contribution is 6.32. The first-order valence-corrected chi connectivity index (χ1v) is 6.41. The number of nitrogens with one attached hydrogen (secondary N) is 1. The third kappa shape index (κ3) is 3.90. The van der Waals surface area contributed by atoms with Gasteiger partial charge in [-0.25, -0.2) is 0 Å². The van der Waals surface area contributed by atoms with Gasteiger partial charge < -0.3 is 10.1 Å². The Labute approximate surface area is 109 Å². The van der Waals surface area contributed by atoms with Gasteiger partial charge in [0.2, 0.25) is 0 Å². The highest BCUT2D eigenvalue weighted by atomic mass is 35.5. The van der Waals surface area contributed by atoms with E-state index in [1.54, 1.807) is 0 Å². The summed E-state index contributed by atoms with van der Waals surface area (Å²) in [4.78, 5) is 0. The highest BCUT2D eigenvalue weighted by Crippen LogP contribution is 2.27. The van der Waals surface area contributed by atoms with Crippen LogP contribution in [0.5, 0.6) is 5.75 Å². The Bertz CT molecular complexity index is 353. The second-order valence-corrected chi connectivity index (χ2v) is 5.21. The summed E-state index contributed by atoms with van der Waals surface area (Å²) < 4.78 is 6.01. The van der Waals surface area contributed by atoms with Gasteiger partial charge in [-0.2, -0.15) is 0 Å². The SMILES string of the molecule is CNCC(Oc1cc(C)c(Cl)c(C)c1)C(C)C. The van der Waals surface area contributed by atoms with E-state index in [0.29, 0.717) is 5.92 Å². The fraction of sp³-hybridized carbons (Fsp3) is 0.571. The lowest BCUT2D eigenvalue weighted by Crippen LogP contribution is -2.33. The maximum atomic E-state index is 6.14. The minimum Gasteiger partial charge on any atom is -0.489 e. The maximum absolute atomic E-state index is 6.14. The predicted molar refractivity (Wildman–Crippen MR) is 74.1 cm³/mol. The third-order valence-corrected chi connectivity index (χ3v) is 3.44. The van der Waals surface area contributed by atoms with Crippen molar-refractivity contribution in [2.45, 2.75) is 33.8 Å². The Balaban J connectivity index is 2.86. The molecule has 0 aromatic heterocycles. The molecule has 1 unspecified atom stereocenters. The summed E-state index contributed by atoms with van der Waals surface area (Å²) in [7, 11) is 1.94. The van der Waals surface area contributed by atoms with E-state index < -0.39 is 0 Å². The Morgan fingerprint density at radius 2 is 1.76 bits per heavy atom. The van der Waals surface area contributed by atoms with Gasteiger partial charge in [0.1, 0.15) is 11.9 Å². The molecule has 0 radical (unpaired) electrons. The molecular formula is C14H22ClNO. The van der Waals surface area contributed by atoms with Crippen molar-refractivity contribution in [1.29, 1.82) is 0 Å². The lowest BCUT2D eigenvalue weighted by Gasteiger charge is -2.23. The summed E-state index contributed by atoms with van der Waals surface area (Å²) >= 11 is 6.14. The Kier molecular flexibility index (Phi) is 5.29. The van der Waals surface area contributed by atoms with Crippen LogP contribution < -0.4 is 10.1 Å². The Morgan fingerprint density at radius 1 is 1.24 bits per heavy atom. The van der Waals surface area contributed by atoms with Gasteiger partial charge >= 0.3 is 0 Å². The molecule has 0 saturated carbocycles. The summed E-state index contributed by atoms with van der Waals surface area (Å²) in [5.41, 5.74) is 2.13. The lowest BCUT2D eigenvalue weighted by atomic mass is 10.1. The molecule has 17 heavy (non-hydrogen) atoms. The van der Waals surface area contributed by atoms with Gasteiger partial charge in [0.15, 0.2) is 0 Å². The van der Waals surface area contributed by atoms with E-state index in [0.717, 1.165) is 28.4 Å². The molecule has 1 N–H and O–H groups in total. The molecule has 0 aliphatic heterocycles. The second-order valence-electron chi connectivity index (χ2n) is 4.83. The van der Waals surface area contributed by atoms with Crippen LogP contribution in [0.3, 0.4) is 0 Å². The zero-order valence-electron chi connectivity index (χ0n) is 11.3. The summed E-state index contributed by atoms with van der Waals surface area (Å²) in [6, 6.07) is 4.00. The molecular weight excluding hydrogens is 234 g/mol. The molecule has 0 bridgehead atoms. The number of hydrogen-bond donors (Lipinski definition) is 1.